The SMILES string of the molecule is CCCCS(=O)(=O)N1CCc2ccc(NC(=O)c3cccnc3)cc21. The summed E-state index contributed by atoms with van der Waals surface area (Å²) in [6.45, 7) is 2.43. The van der Waals surface area contributed by atoms with Crippen LogP contribution in [0.25, 0.3) is 0 Å². The van der Waals surface area contributed by atoms with Gasteiger partial charge in [-0.15, -0.1) is 0 Å². The fourth-order valence-electron chi connectivity index (χ4n) is 2.85. The van der Waals surface area contributed by atoms with Crippen molar-refractivity contribution in [1.29, 1.82) is 0 Å². The topological polar surface area (TPSA) is 79.4 Å². The number of fused-ring (bicyclic) bond motifs is 1. The number of nitrogens with zero attached hydrogens (tertiary/aromatic N) is 2. The molecule has 0 aliphatic carbocycles. The predicted octanol–water partition coefficient (Wildman–Crippen LogP) is 2.83. The van der Waals surface area contributed by atoms with E-state index >= 15 is 0 Å². The van der Waals surface area contributed by atoms with E-state index in [9.17, 15) is 13.2 Å². The monoisotopic (exact) mass is 359 g/mol. The molecule has 132 valence electrons. The van der Waals surface area contributed by atoms with Crippen LogP contribution in [0.4, 0.5) is 11.4 Å². The molecule has 1 aliphatic rings. The minimum Gasteiger partial charge on any atom is -0.322 e. The Morgan fingerprint density at radius 2 is 2.16 bits per heavy atom. The summed E-state index contributed by atoms with van der Waals surface area (Å²) in [5.74, 6) is -0.124. The van der Waals surface area contributed by atoms with Gasteiger partial charge in [0.1, 0.15) is 0 Å². The molecule has 2 aromatic rings. The van der Waals surface area contributed by atoms with E-state index in [1.54, 1.807) is 30.5 Å². The van der Waals surface area contributed by atoms with E-state index in [0.717, 1.165) is 12.0 Å². The number of amides is 1. The number of hydrogen-bond acceptors (Lipinski definition) is 4. The van der Waals surface area contributed by atoms with Crippen LogP contribution in [-0.4, -0.2) is 31.6 Å². The van der Waals surface area contributed by atoms with Gasteiger partial charge < -0.3 is 5.32 Å². The quantitative estimate of drug-likeness (QED) is 0.860. The average molecular weight is 359 g/mol. The van der Waals surface area contributed by atoms with Gasteiger partial charge in [0, 0.05) is 24.6 Å². The smallest absolute Gasteiger partial charge is 0.257 e. The molecule has 1 aromatic carbocycles. The lowest BCUT2D eigenvalue weighted by atomic mass is 10.1. The predicted molar refractivity (Wildman–Crippen MR) is 98.4 cm³/mol. The van der Waals surface area contributed by atoms with Crippen LogP contribution in [-0.2, 0) is 16.4 Å². The molecule has 1 aliphatic heterocycles. The molecule has 3 rings (SSSR count). The van der Waals surface area contributed by atoms with Gasteiger partial charge in [0.05, 0.1) is 17.0 Å². The molecule has 0 fully saturated rings. The normalized spacial score (nSPS) is 13.6. The zero-order chi connectivity index (χ0) is 17.9. The van der Waals surface area contributed by atoms with Crippen LogP contribution in [0.2, 0.25) is 0 Å². The molecule has 2 heterocycles. The second-order valence-electron chi connectivity index (χ2n) is 6.03. The number of anilines is 2. The number of rotatable bonds is 6. The Labute approximate surface area is 147 Å². The van der Waals surface area contributed by atoms with Crippen LogP contribution in [0, 0.1) is 0 Å². The zero-order valence-corrected chi connectivity index (χ0v) is 14.9. The van der Waals surface area contributed by atoms with Crippen LogP contribution in [0.5, 0.6) is 0 Å². The fraction of sp³-hybridized carbons (Fsp3) is 0.333. The van der Waals surface area contributed by atoms with E-state index in [-0.39, 0.29) is 11.7 Å². The summed E-state index contributed by atoms with van der Waals surface area (Å²) in [6.07, 6.45) is 5.26. The highest BCUT2D eigenvalue weighted by atomic mass is 32.2. The number of hydrogen-bond donors (Lipinski definition) is 1. The van der Waals surface area contributed by atoms with E-state index in [2.05, 4.69) is 10.3 Å². The summed E-state index contributed by atoms with van der Waals surface area (Å²) in [6, 6.07) is 8.79. The maximum absolute atomic E-state index is 12.5. The summed E-state index contributed by atoms with van der Waals surface area (Å²) >= 11 is 0. The van der Waals surface area contributed by atoms with Crippen molar-refractivity contribution in [1.82, 2.24) is 4.98 Å². The maximum atomic E-state index is 12.5. The van der Waals surface area contributed by atoms with Gasteiger partial charge >= 0.3 is 0 Å². The van der Waals surface area contributed by atoms with Gasteiger partial charge in [-0.25, -0.2) is 8.42 Å². The average Bonchev–Trinajstić information content (AvgIpc) is 3.05. The number of sulfonamides is 1. The Kier molecular flexibility index (Phi) is 5.03. The zero-order valence-electron chi connectivity index (χ0n) is 14.1. The first-order chi connectivity index (χ1) is 12.0. The lowest BCUT2D eigenvalue weighted by Gasteiger charge is -2.20. The van der Waals surface area contributed by atoms with Crippen molar-refractivity contribution in [3.63, 3.8) is 0 Å². The van der Waals surface area contributed by atoms with Crippen molar-refractivity contribution in [3.05, 3.63) is 53.9 Å². The van der Waals surface area contributed by atoms with Gasteiger partial charge in [-0.1, -0.05) is 19.4 Å². The van der Waals surface area contributed by atoms with E-state index in [4.69, 9.17) is 0 Å². The highest BCUT2D eigenvalue weighted by Gasteiger charge is 2.29. The molecule has 0 saturated carbocycles. The van der Waals surface area contributed by atoms with Crippen molar-refractivity contribution in [2.75, 3.05) is 21.9 Å². The Hall–Kier alpha value is -2.41. The van der Waals surface area contributed by atoms with Crippen LogP contribution in [0.1, 0.15) is 35.7 Å². The van der Waals surface area contributed by atoms with Gasteiger partial charge in [-0.05, 0) is 42.7 Å². The van der Waals surface area contributed by atoms with Gasteiger partial charge in [0.25, 0.3) is 5.91 Å². The first-order valence-corrected chi connectivity index (χ1v) is 9.97. The third kappa shape index (κ3) is 3.82. The van der Waals surface area contributed by atoms with Crippen LogP contribution in [0.15, 0.2) is 42.7 Å². The molecule has 7 heteroatoms. The molecule has 1 amide bonds. The van der Waals surface area contributed by atoms with Crippen LogP contribution >= 0.6 is 0 Å². The lowest BCUT2D eigenvalue weighted by molar-refractivity contribution is 0.102. The molecule has 0 atom stereocenters. The Bertz CT molecular complexity index is 866. The van der Waals surface area contributed by atoms with Crippen molar-refractivity contribution in [2.45, 2.75) is 26.2 Å². The van der Waals surface area contributed by atoms with Crippen molar-refractivity contribution >= 4 is 27.3 Å². The number of pyridine rings is 1. The minimum absolute atomic E-state index is 0.148. The minimum atomic E-state index is -3.32. The summed E-state index contributed by atoms with van der Waals surface area (Å²) in [5.41, 5.74) is 2.68. The molecule has 0 radical (unpaired) electrons. The number of unbranched alkanes of at least 4 members (excludes halogenated alkanes) is 1. The number of benzene rings is 1. The van der Waals surface area contributed by atoms with Gasteiger partial charge in [-0.2, -0.15) is 0 Å². The summed E-state index contributed by atoms with van der Waals surface area (Å²) < 4.78 is 26.5. The molecule has 1 N–H and O–H groups in total. The number of aromatic nitrogens is 1. The van der Waals surface area contributed by atoms with Crippen molar-refractivity contribution in [2.24, 2.45) is 0 Å². The van der Waals surface area contributed by atoms with Gasteiger partial charge in [0.2, 0.25) is 10.0 Å². The molecule has 0 spiro atoms. The van der Waals surface area contributed by atoms with Crippen molar-refractivity contribution in [3.8, 4) is 0 Å². The fourth-order valence-corrected chi connectivity index (χ4v) is 4.57. The summed E-state index contributed by atoms with van der Waals surface area (Å²) in [5, 5.41) is 2.80. The Balaban J connectivity index is 1.82. The first kappa shape index (κ1) is 17.4. The molecule has 0 saturated heterocycles. The van der Waals surface area contributed by atoms with Gasteiger partial charge in [0.15, 0.2) is 0 Å². The number of carbonyl (C=O) groups is 1. The van der Waals surface area contributed by atoms with Gasteiger partial charge in [-0.3, -0.25) is 14.1 Å². The third-order valence-corrected chi connectivity index (χ3v) is 6.07. The first-order valence-electron chi connectivity index (χ1n) is 8.36. The molecular formula is C18H21N3O3S. The standard InChI is InChI=1S/C18H21N3O3S/c1-2-3-11-25(23,24)21-10-8-14-6-7-16(12-17(14)21)20-18(22)15-5-4-9-19-13-15/h4-7,9,12-13H,2-3,8,10-11H2,1H3,(H,20,22). The molecule has 0 unspecified atom stereocenters. The Morgan fingerprint density at radius 1 is 1.32 bits per heavy atom. The lowest BCUT2D eigenvalue weighted by Crippen LogP contribution is -2.31. The maximum Gasteiger partial charge on any atom is 0.257 e. The highest BCUT2D eigenvalue weighted by molar-refractivity contribution is 7.92. The molecule has 1 aromatic heterocycles. The van der Waals surface area contributed by atoms with E-state index in [0.29, 0.717) is 36.3 Å². The molecule has 25 heavy (non-hydrogen) atoms. The number of carbonyl (C=O) groups excluding carboxylic acids is 1. The summed E-state index contributed by atoms with van der Waals surface area (Å²) in [4.78, 5) is 16.2. The van der Waals surface area contributed by atoms with Crippen LogP contribution < -0.4 is 9.62 Å². The second kappa shape index (κ2) is 7.23. The molecular weight excluding hydrogens is 338 g/mol. The van der Waals surface area contributed by atoms with E-state index in [1.165, 1.54) is 10.5 Å². The van der Waals surface area contributed by atoms with Crippen molar-refractivity contribution < 1.29 is 13.2 Å². The van der Waals surface area contributed by atoms with Crippen LogP contribution in [0.3, 0.4) is 0 Å². The largest absolute Gasteiger partial charge is 0.322 e. The summed E-state index contributed by atoms with van der Waals surface area (Å²) in [7, 11) is -3.32. The Morgan fingerprint density at radius 3 is 2.88 bits per heavy atom. The molecule has 6 nitrogen and oxygen atoms in total. The van der Waals surface area contributed by atoms with E-state index in [1.807, 2.05) is 13.0 Å². The third-order valence-electron chi connectivity index (χ3n) is 4.21. The second-order valence-corrected chi connectivity index (χ2v) is 8.04. The molecule has 0 bridgehead atoms. The highest BCUT2D eigenvalue weighted by Crippen LogP contribution is 2.33. The number of nitrogens with one attached hydrogen (secondary N) is 1. The van der Waals surface area contributed by atoms with E-state index < -0.39 is 10.0 Å².